The van der Waals surface area contributed by atoms with Crippen molar-refractivity contribution in [3.05, 3.63) is 23.3 Å². The molecule has 8 nitrogen and oxygen atoms in total. The van der Waals surface area contributed by atoms with Crippen molar-refractivity contribution in [2.24, 2.45) is 0 Å². The van der Waals surface area contributed by atoms with Gasteiger partial charge in [-0.15, -0.1) is 0 Å². The molecule has 2 atom stereocenters. The van der Waals surface area contributed by atoms with Gasteiger partial charge in [-0.2, -0.15) is 0 Å². The number of benzene rings is 1. The summed E-state index contributed by atoms with van der Waals surface area (Å²) in [6.07, 6.45) is 3.86. The van der Waals surface area contributed by atoms with Gasteiger partial charge in [-0.05, 0) is 31.4 Å². The van der Waals surface area contributed by atoms with Crippen LogP contribution in [0.3, 0.4) is 0 Å². The maximum Gasteiger partial charge on any atom is 0.344 e. The van der Waals surface area contributed by atoms with Crippen LogP contribution in [-0.2, 0) is 14.3 Å². The number of hydrogen-bond donors (Lipinski definition) is 1. The lowest BCUT2D eigenvalue weighted by Crippen LogP contribution is -2.48. The first-order valence-corrected chi connectivity index (χ1v) is 9.62. The number of methoxy groups -OCH3 is 2. The summed E-state index contributed by atoms with van der Waals surface area (Å²) in [5, 5.41) is 3.05. The number of amides is 2. The van der Waals surface area contributed by atoms with Crippen molar-refractivity contribution < 1.29 is 28.6 Å². The Morgan fingerprint density at radius 3 is 2.57 bits per heavy atom. The highest BCUT2D eigenvalue weighted by atomic mass is 16.6. The molecule has 150 valence electrons. The molecular weight excluding hydrogens is 364 g/mol. The first-order chi connectivity index (χ1) is 13.5. The van der Waals surface area contributed by atoms with Gasteiger partial charge in [0, 0.05) is 18.0 Å². The van der Waals surface area contributed by atoms with Crippen molar-refractivity contribution in [3.8, 4) is 11.5 Å². The Morgan fingerprint density at radius 1 is 1.14 bits per heavy atom. The quantitative estimate of drug-likeness (QED) is 0.775. The van der Waals surface area contributed by atoms with Crippen molar-refractivity contribution in [1.82, 2.24) is 10.2 Å². The average Bonchev–Trinajstić information content (AvgIpc) is 3.40. The number of cyclic esters (lactones) is 1. The lowest BCUT2D eigenvalue weighted by Gasteiger charge is -2.30. The molecule has 4 rings (SSSR count). The standard InChI is InChI=1S/C20H24N2O6/c1-26-14-9-7-12-16(17(14)27-2)20(25)28-19(12)22-13(8-10-15(22)23)18(24)21-11-5-3-4-6-11/h7,9,11,13,19H,3-6,8,10H2,1-2H3,(H,21,24)/t13-,19?/m0/s1. The Labute approximate surface area is 163 Å². The maximum atomic E-state index is 12.8. The average molecular weight is 388 g/mol. The summed E-state index contributed by atoms with van der Waals surface area (Å²) in [6.45, 7) is 0. The third kappa shape index (κ3) is 2.96. The smallest absolute Gasteiger partial charge is 0.344 e. The van der Waals surface area contributed by atoms with E-state index in [1.807, 2.05) is 0 Å². The SMILES string of the molecule is COc1ccc2c(c1OC)C(=O)OC2N1C(=O)CC[C@H]1C(=O)NC1CCCC1. The van der Waals surface area contributed by atoms with Gasteiger partial charge in [-0.3, -0.25) is 14.5 Å². The first kappa shape index (κ1) is 18.6. The Hall–Kier alpha value is -2.77. The fourth-order valence-corrected chi connectivity index (χ4v) is 4.41. The van der Waals surface area contributed by atoms with Crippen LogP contribution in [0.15, 0.2) is 12.1 Å². The molecule has 8 heteroatoms. The Kier molecular flexibility index (Phi) is 4.87. The molecule has 1 aromatic rings. The van der Waals surface area contributed by atoms with Gasteiger partial charge >= 0.3 is 5.97 Å². The molecule has 1 aromatic carbocycles. The van der Waals surface area contributed by atoms with E-state index in [0.717, 1.165) is 25.7 Å². The predicted molar refractivity (Wildman–Crippen MR) is 98.0 cm³/mol. The van der Waals surface area contributed by atoms with E-state index in [2.05, 4.69) is 5.32 Å². The van der Waals surface area contributed by atoms with E-state index < -0.39 is 18.2 Å². The number of nitrogens with one attached hydrogen (secondary N) is 1. The highest BCUT2D eigenvalue weighted by Gasteiger charge is 2.48. The molecular formula is C20H24N2O6. The fourth-order valence-electron chi connectivity index (χ4n) is 4.41. The number of esters is 1. The molecule has 1 unspecified atom stereocenters. The van der Waals surface area contributed by atoms with E-state index in [0.29, 0.717) is 17.7 Å². The minimum atomic E-state index is -0.934. The molecule has 2 fully saturated rings. The normalized spacial score (nSPS) is 24.3. The van der Waals surface area contributed by atoms with Crippen LogP contribution < -0.4 is 14.8 Å². The van der Waals surface area contributed by atoms with Crippen LogP contribution in [0.25, 0.3) is 0 Å². The van der Waals surface area contributed by atoms with E-state index in [1.165, 1.54) is 19.1 Å². The number of likely N-dealkylation sites (tertiary alicyclic amines) is 1. The molecule has 3 aliphatic rings. The van der Waals surface area contributed by atoms with E-state index >= 15 is 0 Å². The number of fused-ring (bicyclic) bond motifs is 1. The first-order valence-electron chi connectivity index (χ1n) is 9.62. The highest BCUT2D eigenvalue weighted by molar-refractivity contribution is 5.99. The van der Waals surface area contributed by atoms with E-state index in [9.17, 15) is 14.4 Å². The predicted octanol–water partition coefficient (Wildman–Crippen LogP) is 1.92. The topological polar surface area (TPSA) is 94.2 Å². The lowest BCUT2D eigenvalue weighted by atomic mass is 10.0. The van der Waals surface area contributed by atoms with Crippen LogP contribution in [0.1, 0.15) is 60.7 Å². The second-order valence-corrected chi connectivity index (χ2v) is 7.37. The van der Waals surface area contributed by atoms with Gasteiger partial charge in [-0.25, -0.2) is 4.79 Å². The molecule has 1 saturated heterocycles. The van der Waals surface area contributed by atoms with Crippen LogP contribution in [0.4, 0.5) is 0 Å². The number of carbonyl (C=O) groups is 3. The van der Waals surface area contributed by atoms with Gasteiger partial charge in [0.05, 0.1) is 14.2 Å². The monoisotopic (exact) mass is 388 g/mol. The van der Waals surface area contributed by atoms with Gasteiger partial charge in [0.2, 0.25) is 18.0 Å². The van der Waals surface area contributed by atoms with Crippen LogP contribution >= 0.6 is 0 Å². The van der Waals surface area contributed by atoms with Crippen molar-refractivity contribution in [1.29, 1.82) is 0 Å². The summed E-state index contributed by atoms with van der Waals surface area (Å²) in [7, 11) is 2.92. The van der Waals surface area contributed by atoms with E-state index in [4.69, 9.17) is 14.2 Å². The summed E-state index contributed by atoms with van der Waals surface area (Å²) in [5.74, 6) is -0.298. The number of carbonyl (C=O) groups excluding carboxylic acids is 3. The van der Waals surface area contributed by atoms with Crippen molar-refractivity contribution in [2.45, 2.75) is 56.8 Å². The summed E-state index contributed by atoms with van der Waals surface area (Å²) in [4.78, 5) is 39.4. The zero-order valence-electron chi connectivity index (χ0n) is 16.0. The second kappa shape index (κ2) is 7.33. The third-order valence-electron chi connectivity index (χ3n) is 5.78. The largest absolute Gasteiger partial charge is 0.493 e. The van der Waals surface area contributed by atoms with Crippen LogP contribution in [0.2, 0.25) is 0 Å². The van der Waals surface area contributed by atoms with E-state index in [1.54, 1.807) is 12.1 Å². The van der Waals surface area contributed by atoms with Gasteiger partial charge in [0.25, 0.3) is 0 Å². The molecule has 2 amide bonds. The van der Waals surface area contributed by atoms with Crippen molar-refractivity contribution >= 4 is 17.8 Å². The molecule has 2 heterocycles. The zero-order chi connectivity index (χ0) is 19.8. The number of ether oxygens (including phenoxy) is 3. The minimum Gasteiger partial charge on any atom is -0.493 e. The van der Waals surface area contributed by atoms with Crippen LogP contribution in [0, 0.1) is 0 Å². The van der Waals surface area contributed by atoms with Crippen molar-refractivity contribution in [3.63, 3.8) is 0 Å². The Morgan fingerprint density at radius 2 is 1.89 bits per heavy atom. The third-order valence-corrected chi connectivity index (χ3v) is 5.78. The summed E-state index contributed by atoms with van der Waals surface area (Å²) in [5.41, 5.74) is 0.748. The summed E-state index contributed by atoms with van der Waals surface area (Å²) in [6, 6.07) is 2.86. The number of hydrogen-bond acceptors (Lipinski definition) is 6. The fraction of sp³-hybridized carbons (Fsp3) is 0.550. The summed E-state index contributed by atoms with van der Waals surface area (Å²) < 4.78 is 16.1. The van der Waals surface area contributed by atoms with Gasteiger partial charge in [-0.1, -0.05) is 12.8 Å². The second-order valence-electron chi connectivity index (χ2n) is 7.37. The molecule has 1 aliphatic carbocycles. The zero-order valence-corrected chi connectivity index (χ0v) is 16.0. The van der Waals surface area contributed by atoms with Crippen LogP contribution in [0.5, 0.6) is 11.5 Å². The molecule has 0 spiro atoms. The Bertz CT molecular complexity index is 817. The highest BCUT2D eigenvalue weighted by Crippen LogP contribution is 2.45. The van der Waals surface area contributed by atoms with Crippen molar-refractivity contribution in [2.75, 3.05) is 14.2 Å². The Balaban J connectivity index is 1.64. The molecule has 28 heavy (non-hydrogen) atoms. The van der Waals surface area contributed by atoms with Gasteiger partial charge in [0.15, 0.2) is 11.5 Å². The molecule has 1 N–H and O–H groups in total. The van der Waals surface area contributed by atoms with Gasteiger partial charge in [0.1, 0.15) is 11.6 Å². The summed E-state index contributed by atoms with van der Waals surface area (Å²) >= 11 is 0. The molecule has 0 aromatic heterocycles. The van der Waals surface area contributed by atoms with Crippen LogP contribution in [-0.4, -0.2) is 49.0 Å². The lowest BCUT2D eigenvalue weighted by molar-refractivity contribution is -0.146. The van der Waals surface area contributed by atoms with Gasteiger partial charge < -0.3 is 19.5 Å². The molecule has 2 aliphatic heterocycles. The molecule has 0 bridgehead atoms. The molecule has 0 radical (unpaired) electrons. The molecule has 1 saturated carbocycles. The number of rotatable bonds is 5. The number of nitrogens with zero attached hydrogens (tertiary/aromatic N) is 1. The van der Waals surface area contributed by atoms with E-state index in [-0.39, 0.29) is 35.6 Å². The minimum absolute atomic E-state index is 0.160. The maximum absolute atomic E-state index is 12.8.